The van der Waals surface area contributed by atoms with Crippen LogP contribution in [-0.4, -0.2) is 55.6 Å². The summed E-state index contributed by atoms with van der Waals surface area (Å²) in [7, 11) is 0. The van der Waals surface area contributed by atoms with Crippen LogP contribution in [0.5, 0.6) is 0 Å². The lowest BCUT2D eigenvalue weighted by atomic mass is 10.2. The Bertz CT molecular complexity index is 630. The van der Waals surface area contributed by atoms with Crippen LogP contribution in [0.25, 0.3) is 0 Å². The molecule has 1 aromatic rings. The number of carbonyl (C=O) groups excluding carboxylic acids is 2. The fourth-order valence-electron chi connectivity index (χ4n) is 3.52. The van der Waals surface area contributed by atoms with Crippen molar-refractivity contribution in [1.82, 2.24) is 4.90 Å². The Hall–Kier alpha value is -2.34. The van der Waals surface area contributed by atoms with Crippen molar-refractivity contribution in [2.24, 2.45) is 0 Å². The second-order valence-corrected chi connectivity index (χ2v) is 6.83. The van der Waals surface area contributed by atoms with E-state index in [9.17, 15) is 9.59 Å². The first-order valence-electron chi connectivity index (χ1n) is 9.33. The van der Waals surface area contributed by atoms with E-state index in [1.165, 1.54) is 18.9 Å². The van der Waals surface area contributed by atoms with Gasteiger partial charge in [0.25, 0.3) is 0 Å². The highest BCUT2D eigenvalue weighted by Gasteiger charge is 2.20. The predicted molar refractivity (Wildman–Crippen MR) is 102 cm³/mol. The predicted octanol–water partition coefficient (Wildman–Crippen LogP) is 2.42. The Morgan fingerprint density at radius 3 is 2.38 bits per heavy atom. The average Bonchev–Trinajstić information content (AvgIpc) is 3.20. The summed E-state index contributed by atoms with van der Waals surface area (Å²) in [5.41, 5.74) is 1.87. The first-order chi connectivity index (χ1) is 12.7. The normalized spacial score (nSPS) is 18.0. The molecule has 2 amide bonds. The Kier molecular flexibility index (Phi) is 6.28. The van der Waals surface area contributed by atoms with E-state index < -0.39 is 0 Å². The molecule has 140 valence electrons. The maximum atomic E-state index is 12.0. The van der Waals surface area contributed by atoms with E-state index in [1.54, 1.807) is 0 Å². The Labute approximate surface area is 154 Å². The van der Waals surface area contributed by atoms with Crippen LogP contribution < -0.4 is 10.2 Å². The summed E-state index contributed by atoms with van der Waals surface area (Å²) in [5, 5.41) is 2.88. The molecule has 26 heavy (non-hydrogen) atoms. The van der Waals surface area contributed by atoms with Gasteiger partial charge in [-0.15, -0.1) is 0 Å². The monoisotopic (exact) mass is 357 g/mol. The zero-order valence-electron chi connectivity index (χ0n) is 15.2. The lowest BCUT2D eigenvalue weighted by Gasteiger charge is -2.35. The molecule has 0 unspecified atom stereocenters. The van der Waals surface area contributed by atoms with Gasteiger partial charge in [-0.2, -0.15) is 0 Å². The molecule has 0 radical (unpaired) electrons. The molecule has 1 saturated heterocycles. The number of hydrogen-bond donors (Lipinski definition) is 1. The van der Waals surface area contributed by atoms with Crippen molar-refractivity contribution >= 4 is 23.2 Å². The maximum Gasteiger partial charge on any atom is 0.250 e. The minimum atomic E-state index is -0.110. The number of piperazine rings is 1. The van der Waals surface area contributed by atoms with Gasteiger partial charge in [-0.1, -0.05) is 19.4 Å². The number of ether oxygens (including phenoxy) is 1. The molecule has 2 fully saturated rings. The Morgan fingerprint density at radius 2 is 1.77 bits per heavy atom. The second kappa shape index (κ2) is 8.85. The first-order valence-corrected chi connectivity index (χ1v) is 9.33. The molecule has 0 aromatic heterocycles. The van der Waals surface area contributed by atoms with E-state index in [4.69, 9.17) is 4.74 Å². The summed E-state index contributed by atoms with van der Waals surface area (Å²) >= 11 is 0. The number of benzene rings is 1. The maximum absolute atomic E-state index is 12.0. The van der Waals surface area contributed by atoms with E-state index in [0.717, 1.165) is 37.3 Å². The van der Waals surface area contributed by atoms with E-state index in [1.807, 2.05) is 29.2 Å². The van der Waals surface area contributed by atoms with Crippen LogP contribution in [0.2, 0.25) is 0 Å². The van der Waals surface area contributed by atoms with Gasteiger partial charge in [0.2, 0.25) is 11.8 Å². The van der Waals surface area contributed by atoms with Crippen LogP contribution in [0.15, 0.2) is 36.9 Å². The van der Waals surface area contributed by atoms with Gasteiger partial charge in [0.15, 0.2) is 0 Å². The summed E-state index contributed by atoms with van der Waals surface area (Å²) in [6.45, 7) is 6.63. The smallest absolute Gasteiger partial charge is 0.250 e. The number of amides is 2. The van der Waals surface area contributed by atoms with Crippen LogP contribution in [0.1, 0.15) is 25.7 Å². The number of carbonyl (C=O) groups is 2. The molecule has 1 aliphatic heterocycles. The van der Waals surface area contributed by atoms with Crippen molar-refractivity contribution in [2.75, 3.05) is 43.0 Å². The second-order valence-electron chi connectivity index (χ2n) is 6.83. The summed E-state index contributed by atoms with van der Waals surface area (Å²) < 4.78 is 5.63. The minimum absolute atomic E-state index is 0.0115. The molecule has 3 rings (SSSR count). The van der Waals surface area contributed by atoms with Crippen molar-refractivity contribution in [1.29, 1.82) is 0 Å². The number of nitrogens with zero attached hydrogens (tertiary/aromatic N) is 2. The van der Waals surface area contributed by atoms with Gasteiger partial charge >= 0.3 is 0 Å². The van der Waals surface area contributed by atoms with Crippen LogP contribution in [-0.2, 0) is 14.3 Å². The van der Waals surface area contributed by atoms with Gasteiger partial charge in [-0.05, 0) is 43.2 Å². The third kappa shape index (κ3) is 4.85. The fraction of sp³-hybridized carbons (Fsp3) is 0.500. The molecule has 2 aliphatic rings. The van der Waals surface area contributed by atoms with Crippen molar-refractivity contribution in [2.45, 2.75) is 31.8 Å². The van der Waals surface area contributed by atoms with Crippen molar-refractivity contribution in [3.63, 3.8) is 0 Å². The zero-order chi connectivity index (χ0) is 18.4. The van der Waals surface area contributed by atoms with Gasteiger partial charge in [-0.3, -0.25) is 9.59 Å². The molecule has 1 heterocycles. The van der Waals surface area contributed by atoms with Gasteiger partial charge in [0.1, 0.15) is 6.61 Å². The standard InChI is InChI=1S/C20H27N3O3/c1-2-20(25)23-13-11-22(12-14-23)17-9-7-16(8-10-17)21-19(24)15-26-18-5-3-4-6-18/h2,7-10,18H,1,3-6,11-15H2,(H,21,24). The minimum Gasteiger partial charge on any atom is -0.368 e. The highest BCUT2D eigenvalue weighted by molar-refractivity contribution is 5.91. The summed E-state index contributed by atoms with van der Waals surface area (Å²) in [6.07, 6.45) is 6.13. The zero-order valence-corrected chi connectivity index (χ0v) is 15.2. The molecule has 1 aromatic carbocycles. The molecule has 1 aliphatic carbocycles. The van der Waals surface area contributed by atoms with Crippen molar-refractivity contribution < 1.29 is 14.3 Å². The highest BCUT2D eigenvalue weighted by atomic mass is 16.5. The van der Waals surface area contributed by atoms with Gasteiger partial charge in [-0.25, -0.2) is 0 Å². The molecule has 0 atom stereocenters. The summed E-state index contributed by atoms with van der Waals surface area (Å²) in [4.78, 5) is 27.7. The van der Waals surface area contributed by atoms with Gasteiger partial charge in [0, 0.05) is 37.6 Å². The SMILES string of the molecule is C=CC(=O)N1CCN(c2ccc(NC(=O)COC3CCCC3)cc2)CC1. The third-order valence-electron chi connectivity index (χ3n) is 5.03. The number of hydrogen-bond acceptors (Lipinski definition) is 4. The van der Waals surface area contributed by atoms with E-state index >= 15 is 0 Å². The lowest BCUT2D eigenvalue weighted by Crippen LogP contribution is -2.48. The van der Waals surface area contributed by atoms with Crippen molar-refractivity contribution in [3.05, 3.63) is 36.9 Å². The topological polar surface area (TPSA) is 61.9 Å². The average molecular weight is 357 g/mol. The van der Waals surface area contributed by atoms with E-state index in [0.29, 0.717) is 13.1 Å². The molecule has 6 heteroatoms. The molecule has 1 N–H and O–H groups in total. The molecular formula is C20H27N3O3. The summed E-state index contributed by atoms with van der Waals surface area (Å²) in [6, 6.07) is 7.81. The third-order valence-corrected chi connectivity index (χ3v) is 5.03. The summed E-state index contributed by atoms with van der Waals surface area (Å²) in [5.74, 6) is -0.122. The quantitative estimate of drug-likeness (QED) is 0.795. The number of anilines is 2. The number of rotatable bonds is 6. The van der Waals surface area contributed by atoms with Crippen LogP contribution in [0, 0.1) is 0 Å². The van der Waals surface area contributed by atoms with Crippen molar-refractivity contribution in [3.8, 4) is 0 Å². The molecule has 1 saturated carbocycles. The van der Waals surface area contributed by atoms with Crippen LogP contribution >= 0.6 is 0 Å². The Morgan fingerprint density at radius 1 is 1.12 bits per heavy atom. The van der Waals surface area contributed by atoms with Crippen LogP contribution in [0.4, 0.5) is 11.4 Å². The molecule has 0 bridgehead atoms. The largest absolute Gasteiger partial charge is 0.368 e. The van der Waals surface area contributed by atoms with Crippen LogP contribution in [0.3, 0.4) is 0 Å². The highest BCUT2D eigenvalue weighted by Crippen LogP contribution is 2.21. The van der Waals surface area contributed by atoms with E-state index in [-0.39, 0.29) is 24.5 Å². The molecule has 0 spiro atoms. The van der Waals surface area contributed by atoms with Gasteiger partial charge < -0.3 is 19.9 Å². The lowest BCUT2D eigenvalue weighted by molar-refractivity contribution is -0.126. The van der Waals surface area contributed by atoms with E-state index in [2.05, 4.69) is 16.8 Å². The number of nitrogens with one attached hydrogen (secondary N) is 1. The molecule has 6 nitrogen and oxygen atoms in total. The fourth-order valence-corrected chi connectivity index (χ4v) is 3.52. The molecular weight excluding hydrogens is 330 g/mol. The Balaban J connectivity index is 1.45. The van der Waals surface area contributed by atoms with Gasteiger partial charge in [0.05, 0.1) is 6.10 Å². The first kappa shape index (κ1) is 18.5.